The molecule has 4 atom stereocenters. The molecule has 1 N–H and O–H groups in total. The van der Waals surface area contributed by atoms with E-state index in [1.807, 2.05) is 13.8 Å². The van der Waals surface area contributed by atoms with Gasteiger partial charge in [-0.2, -0.15) is 0 Å². The molecule has 22 heavy (non-hydrogen) atoms. The molecule has 0 aromatic heterocycles. The summed E-state index contributed by atoms with van der Waals surface area (Å²) < 4.78 is 4.68. The first-order valence-electron chi connectivity index (χ1n) is 8.53. The van der Waals surface area contributed by atoms with Gasteiger partial charge in [-0.05, 0) is 37.0 Å². The Hall–Kier alpha value is -1.26. The van der Waals surface area contributed by atoms with E-state index in [1.165, 1.54) is 20.0 Å². The fourth-order valence-corrected chi connectivity index (χ4v) is 4.11. The molecule has 0 radical (unpaired) electrons. The number of alkyl carbamates (subject to hydrolysis) is 1. The molecule has 5 heteroatoms. The molecule has 2 aliphatic rings. The van der Waals surface area contributed by atoms with E-state index in [-0.39, 0.29) is 11.8 Å². The first-order valence-corrected chi connectivity index (χ1v) is 8.53. The van der Waals surface area contributed by atoms with Gasteiger partial charge in [0.1, 0.15) is 6.04 Å². The van der Waals surface area contributed by atoms with Gasteiger partial charge in [-0.1, -0.05) is 34.1 Å². The van der Waals surface area contributed by atoms with Crippen molar-refractivity contribution in [1.29, 1.82) is 0 Å². The van der Waals surface area contributed by atoms with Gasteiger partial charge < -0.3 is 15.0 Å². The van der Waals surface area contributed by atoms with Crippen LogP contribution in [0, 0.1) is 17.8 Å². The standard InChI is InChI=1S/C17H30N2O3/c1-10(2)14-9-12-7-6-8-13(12)19(14)16(20)15(11(3)4)18-17(21)22-5/h10-15H,6-9H2,1-5H3,(H,18,21)/t12-,13?,14?,15-/m0/s1. The van der Waals surface area contributed by atoms with Crippen molar-refractivity contribution in [2.75, 3.05) is 7.11 Å². The van der Waals surface area contributed by atoms with E-state index in [0.29, 0.717) is 23.9 Å². The number of methoxy groups -OCH3 is 1. The van der Waals surface area contributed by atoms with Crippen molar-refractivity contribution in [3.63, 3.8) is 0 Å². The summed E-state index contributed by atoms with van der Waals surface area (Å²) >= 11 is 0. The number of nitrogens with zero attached hydrogens (tertiary/aromatic N) is 1. The Labute approximate surface area is 133 Å². The fraction of sp³-hybridized carbons (Fsp3) is 0.882. The molecule has 2 amide bonds. The molecule has 5 nitrogen and oxygen atoms in total. The van der Waals surface area contributed by atoms with E-state index in [0.717, 1.165) is 12.8 Å². The lowest BCUT2D eigenvalue weighted by Crippen LogP contribution is -2.55. The number of nitrogens with one attached hydrogen (secondary N) is 1. The Balaban J connectivity index is 2.20. The van der Waals surface area contributed by atoms with Gasteiger partial charge in [0.25, 0.3) is 0 Å². The highest BCUT2D eigenvalue weighted by Crippen LogP contribution is 2.43. The van der Waals surface area contributed by atoms with Crippen molar-refractivity contribution in [2.45, 2.75) is 71.5 Å². The van der Waals surface area contributed by atoms with Crippen LogP contribution in [-0.4, -0.2) is 42.1 Å². The van der Waals surface area contributed by atoms with Gasteiger partial charge in [-0.25, -0.2) is 4.79 Å². The summed E-state index contributed by atoms with van der Waals surface area (Å²) in [5, 5.41) is 2.73. The van der Waals surface area contributed by atoms with Gasteiger partial charge in [0.15, 0.2) is 0 Å². The van der Waals surface area contributed by atoms with E-state index in [4.69, 9.17) is 0 Å². The van der Waals surface area contributed by atoms with Gasteiger partial charge in [-0.15, -0.1) is 0 Å². The molecule has 0 bridgehead atoms. The molecule has 1 saturated heterocycles. The van der Waals surface area contributed by atoms with Gasteiger partial charge in [0.2, 0.25) is 5.91 Å². The summed E-state index contributed by atoms with van der Waals surface area (Å²) in [4.78, 5) is 26.8. The highest BCUT2D eigenvalue weighted by atomic mass is 16.5. The third-order valence-corrected chi connectivity index (χ3v) is 5.29. The van der Waals surface area contributed by atoms with Crippen LogP contribution in [0.3, 0.4) is 0 Å². The molecule has 0 aromatic rings. The number of fused-ring (bicyclic) bond motifs is 1. The fourth-order valence-electron chi connectivity index (χ4n) is 4.11. The molecule has 1 aliphatic heterocycles. The average molecular weight is 310 g/mol. The minimum absolute atomic E-state index is 0.0415. The Morgan fingerprint density at radius 3 is 2.41 bits per heavy atom. The van der Waals surface area contributed by atoms with Crippen molar-refractivity contribution in [1.82, 2.24) is 10.2 Å². The largest absolute Gasteiger partial charge is 0.453 e. The third kappa shape index (κ3) is 3.23. The van der Waals surface area contributed by atoms with E-state index in [1.54, 1.807) is 0 Å². The molecule has 0 aromatic carbocycles. The minimum Gasteiger partial charge on any atom is -0.453 e. The Morgan fingerprint density at radius 2 is 1.86 bits per heavy atom. The second-order valence-electron chi connectivity index (χ2n) is 7.41. The van der Waals surface area contributed by atoms with Crippen LogP contribution in [0.15, 0.2) is 0 Å². The number of likely N-dealkylation sites (tertiary alicyclic amines) is 1. The van der Waals surface area contributed by atoms with Gasteiger partial charge in [0, 0.05) is 12.1 Å². The van der Waals surface area contributed by atoms with Crippen molar-refractivity contribution < 1.29 is 14.3 Å². The molecule has 1 heterocycles. The summed E-state index contributed by atoms with van der Waals surface area (Å²) in [5.41, 5.74) is 0. The number of carbonyl (C=O) groups excluding carboxylic acids is 2. The molecule has 2 unspecified atom stereocenters. The number of rotatable bonds is 4. The van der Waals surface area contributed by atoms with Crippen LogP contribution in [0.4, 0.5) is 4.79 Å². The van der Waals surface area contributed by atoms with Crippen molar-refractivity contribution in [3.05, 3.63) is 0 Å². The van der Waals surface area contributed by atoms with Crippen LogP contribution in [0.5, 0.6) is 0 Å². The smallest absolute Gasteiger partial charge is 0.407 e. The predicted octanol–water partition coefficient (Wildman–Crippen LogP) is 2.79. The Kier molecular flexibility index (Phi) is 5.35. The number of amides is 2. The predicted molar refractivity (Wildman–Crippen MR) is 85.4 cm³/mol. The summed E-state index contributed by atoms with van der Waals surface area (Å²) in [7, 11) is 1.33. The average Bonchev–Trinajstić information content (AvgIpc) is 3.03. The van der Waals surface area contributed by atoms with E-state index in [9.17, 15) is 9.59 Å². The van der Waals surface area contributed by atoms with Gasteiger partial charge >= 0.3 is 6.09 Å². The van der Waals surface area contributed by atoms with Crippen molar-refractivity contribution in [3.8, 4) is 0 Å². The van der Waals surface area contributed by atoms with Crippen molar-refractivity contribution >= 4 is 12.0 Å². The first kappa shape index (κ1) is 17.1. The summed E-state index contributed by atoms with van der Waals surface area (Å²) in [6.07, 6.45) is 4.12. The molecule has 1 saturated carbocycles. The van der Waals surface area contributed by atoms with Gasteiger partial charge in [0.05, 0.1) is 7.11 Å². The first-order chi connectivity index (χ1) is 10.4. The second-order valence-corrected chi connectivity index (χ2v) is 7.41. The molecule has 0 spiro atoms. The lowest BCUT2D eigenvalue weighted by atomic mass is 9.95. The monoisotopic (exact) mass is 310 g/mol. The van der Waals surface area contributed by atoms with E-state index < -0.39 is 12.1 Å². The maximum atomic E-state index is 13.2. The maximum Gasteiger partial charge on any atom is 0.407 e. The van der Waals surface area contributed by atoms with E-state index >= 15 is 0 Å². The molecule has 1 aliphatic carbocycles. The normalized spacial score (nSPS) is 28.9. The van der Waals surface area contributed by atoms with Gasteiger partial charge in [-0.3, -0.25) is 4.79 Å². The summed E-state index contributed by atoms with van der Waals surface area (Å²) in [6, 6.07) is 0.150. The van der Waals surface area contributed by atoms with Crippen molar-refractivity contribution in [2.24, 2.45) is 17.8 Å². The minimum atomic E-state index is -0.532. The maximum absolute atomic E-state index is 13.2. The second kappa shape index (κ2) is 6.88. The molecular weight excluding hydrogens is 280 g/mol. The zero-order chi connectivity index (χ0) is 16.4. The Morgan fingerprint density at radius 1 is 1.18 bits per heavy atom. The zero-order valence-corrected chi connectivity index (χ0v) is 14.5. The molecule has 2 fully saturated rings. The SMILES string of the molecule is COC(=O)N[C@H](C(=O)N1C(C(C)C)C[C@@H]2CCCC21)C(C)C. The van der Waals surface area contributed by atoms with Crippen LogP contribution in [-0.2, 0) is 9.53 Å². The molecule has 2 rings (SSSR count). The van der Waals surface area contributed by atoms with Crippen LogP contribution in [0.2, 0.25) is 0 Å². The number of hydrogen-bond acceptors (Lipinski definition) is 3. The quantitative estimate of drug-likeness (QED) is 0.868. The number of hydrogen-bond donors (Lipinski definition) is 1. The zero-order valence-electron chi connectivity index (χ0n) is 14.5. The summed E-state index contributed by atoms with van der Waals surface area (Å²) in [6.45, 7) is 8.30. The number of carbonyl (C=O) groups is 2. The van der Waals surface area contributed by atoms with Crippen LogP contribution in [0.1, 0.15) is 53.4 Å². The van der Waals surface area contributed by atoms with E-state index in [2.05, 4.69) is 28.8 Å². The third-order valence-electron chi connectivity index (χ3n) is 5.29. The molecular formula is C17H30N2O3. The lowest BCUT2D eigenvalue weighted by molar-refractivity contribution is -0.138. The highest BCUT2D eigenvalue weighted by Gasteiger charge is 2.48. The van der Waals surface area contributed by atoms with Crippen LogP contribution >= 0.6 is 0 Å². The van der Waals surface area contributed by atoms with Crippen LogP contribution in [0.25, 0.3) is 0 Å². The topological polar surface area (TPSA) is 58.6 Å². The lowest BCUT2D eigenvalue weighted by Gasteiger charge is -2.36. The Bertz CT molecular complexity index is 422. The van der Waals surface area contributed by atoms with Crippen LogP contribution < -0.4 is 5.32 Å². The summed E-state index contributed by atoms with van der Waals surface area (Å²) in [5.74, 6) is 1.19. The highest BCUT2D eigenvalue weighted by molar-refractivity contribution is 5.86. The number of ether oxygens (including phenoxy) is 1. The molecule has 126 valence electrons.